The Balaban J connectivity index is 1.43. The Morgan fingerprint density at radius 2 is 2.21 bits per heavy atom. The van der Waals surface area contributed by atoms with E-state index in [-0.39, 0.29) is 11.9 Å². The molecule has 2 N–H and O–H groups in total. The quantitative estimate of drug-likeness (QED) is 0.551. The molecule has 28 heavy (non-hydrogen) atoms. The van der Waals surface area contributed by atoms with Crippen molar-refractivity contribution in [2.45, 2.75) is 12.5 Å². The number of aromatic nitrogens is 4. The number of halogens is 1. The molecule has 4 heterocycles. The topological polar surface area (TPSA) is 97.3 Å². The van der Waals surface area contributed by atoms with Crippen molar-refractivity contribution < 1.29 is 9.32 Å². The van der Waals surface area contributed by atoms with E-state index in [2.05, 4.69) is 25.8 Å². The highest BCUT2D eigenvalue weighted by Gasteiger charge is 2.25. The third-order valence-electron chi connectivity index (χ3n) is 4.69. The molecule has 1 fully saturated rings. The molecular formula is C19H15ClN6O2. The highest BCUT2D eigenvalue weighted by Crippen LogP contribution is 2.29. The zero-order chi connectivity index (χ0) is 19.1. The van der Waals surface area contributed by atoms with Crippen LogP contribution < -0.4 is 10.6 Å². The highest BCUT2D eigenvalue weighted by atomic mass is 35.5. The van der Waals surface area contributed by atoms with Crippen LogP contribution in [0.4, 0.5) is 5.69 Å². The van der Waals surface area contributed by atoms with Gasteiger partial charge in [-0.2, -0.15) is 4.98 Å². The molecule has 1 aromatic carbocycles. The van der Waals surface area contributed by atoms with Crippen molar-refractivity contribution in [1.29, 1.82) is 0 Å². The molecule has 0 unspecified atom stereocenters. The van der Waals surface area contributed by atoms with Crippen molar-refractivity contribution in [3.63, 3.8) is 0 Å². The maximum atomic E-state index is 12.7. The van der Waals surface area contributed by atoms with Crippen LogP contribution in [-0.2, 0) is 0 Å². The van der Waals surface area contributed by atoms with Crippen molar-refractivity contribution in [3.05, 3.63) is 65.4 Å². The Labute approximate surface area is 164 Å². The fourth-order valence-electron chi connectivity index (χ4n) is 3.04. The molecule has 1 aliphatic heterocycles. The van der Waals surface area contributed by atoms with Crippen LogP contribution in [0.15, 0.2) is 53.3 Å². The van der Waals surface area contributed by atoms with E-state index >= 15 is 0 Å². The molecule has 1 saturated heterocycles. The number of nitrogens with one attached hydrogen (secondary N) is 2. The van der Waals surface area contributed by atoms with Gasteiger partial charge in [-0.05, 0) is 43.3 Å². The van der Waals surface area contributed by atoms with E-state index in [1.54, 1.807) is 28.8 Å². The van der Waals surface area contributed by atoms with Gasteiger partial charge in [0.05, 0.1) is 22.9 Å². The largest absolute Gasteiger partial charge is 0.337 e. The Bertz CT molecular complexity index is 1180. The van der Waals surface area contributed by atoms with Gasteiger partial charge in [-0.25, -0.2) is 4.98 Å². The predicted octanol–water partition coefficient (Wildman–Crippen LogP) is 3.32. The first-order chi connectivity index (χ1) is 13.7. The van der Waals surface area contributed by atoms with Crippen LogP contribution in [-0.4, -0.2) is 32.0 Å². The van der Waals surface area contributed by atoms with Gasteiger partial charge in [-0.15, -0.1) is 0 Å². The van der Waals surface area contributed by atoms with E-state index in [0.717, 1.165) is 13.0 Å². The number of nitrogens with zero attached hydrogens (tertiary/aromatic N) is 4. The number of pyridine rings is 1. The lowest BCUT2D eigenvalue weighted by molar-refractivity contribution is 0.102. The average Bonchev–Trinajstić information content (AvgIpc) is 3.29. The van der Waals surface area contributed by atoms with Crippen molar-refractivity contribution in [2.75, 3.05) is 11.9 Å². The maximum absolute atomic E-state index is 12.7. The van der Waals surface area contributed by atoms with Crippen molar-refractivity contribution in [3.8, 4) is 11.4 Å². The first-order valence-electron chi connectivity index (χ1n) is 8.79. The Hall–Kier alpha value is -3.23. The van der Waals surface area contributed by atoms with Crippen LogP contribution in [0.2, 0.25) is 5.02 Å². The first kappa shape index (κ1) is 16.9. The molecule has 1 atom stereocenters. The standard InChI is InChI=1S/C19H15ClN6O2/c20-12-5-4-11(17-24-19(28-25-17)13-6-7-21-13)9-14(12)23-18(27)15-10-22-16-3-1-2-8-26(15)16/h1-5,8-10,13,21H,6-7H2,(H,23,27)/t13-/m1/s1. The number of carbonyl (C=O) groups excluding carboxylic acids is 1. The summed E-state index contributed by atoms with van der Waals surface area (Å²) in [6, 6.07) is 10.9. The van der Waals surface area contributed by atoms with Gasteiger partial charge in [0.1, 0.15) is 11.3 Å². The van der Waals surface area contributed by atoms with Crippen LogP contribution in [0.1, 0.15) is 28.8 Å². The van der Waals surface area contributed by atoms with E-state index < -0.39 is 0 Å². The van der Waals surface area contributed by atoms with Gasteiger partial charge in [0.2, 0.25) is 11.7 Å². The van der Waals surface area contributed by atoms with Crippen molar-refractivity contribution >= 4 is 28.8 Å². The molecule has 8 nitrogen and oxygen atoms in total. The SMILES string of the molecule is O=C(Nc1cc(-c2noc([C@H]3CCN3)n2)ccc1Cl)c1cnc2ccccn12. The van der Waals surface area contributed by atoms with E-state index in [1.165, 1.54) is 6.20 Å². The second-order valence-electron chi connectivity index (χ2n) is 6.47. The molecule has 9 heteroatoms. The van der Waals surface area contributed by atoms with Gasteiger partial charge in [0, 0.05) is 11.8 Å². The van der Waals surface area contributed by atoms with E-state index in [4.69, 9.17) is 16.1 Å². The first-order valence-corrected chi connectivity index (χ1v) is 9.17. The van der Waals surface area contributed by atoms with E-state index in [9.17, 15) is 4.79 Å². The summed E-state index contributed by atoms with van der Waals surface area (Å²) >= 11 is 6.28. The fraction of sp³-hybridized carbons (Fsp3) is 0.158. The van der Waals surface area contributed by atoms with Crippen LogP contribution in [0.3, 0.4) is 0 Å². The van der Waals surface area contributed by atoms with Crippen LogP contribution in [0.5, 0.6) is 0 Å². The average molecular weight is 395 g/mol. The third-order valence-corrected chi connectivity index (χ3v) is 5.02. The number of anilines is 1. The number of rotatable bonds is 4. The minimum atomic E-state index is -0.315. The van der Waals surface area contributed by atoms with Gasteiger partial charge < -0.3 is 15.2 Å². The van der Waals surface area contributed by atoms with Crippen LogP contribution >= 0.6 is 11.6 Å². The summed E-state index contributed by atoms with van der Waals surface area (Å²) in [4.78, 5) is 21.4. The van der Waals surface area contributed by atoms with Gasteiger partial charge in [0.15, 0.2) is 0 Å². The smallest absolute Gasteiger partial charge is 0.274 e. The minimum absolute atomic E-state index is 0.114. The zero-order valence-electron chi connectivity index (χ0n) is 14.6. The molecule has 0 radical (unpaired) electrons. The van der Waals surface area contributed by atoms with Gasteiger partial charge in [-0.1, -0.05) is 22.8 Å². The second-order valence-corrected chi connectivity index (χ2v) is 6.88. The summed E-state index contributed by atoms with van der Waals surface area (Å²) in [5.74, 6) is 0.698. The minimum Gasteiger partial charge on any atom is -0.337 e. The van der Waals surface area contributed by atoms with E-state index in [0.29, 0.717) is 39.3 Å². The lowest BCUT2D eigenvalue weighted by atomic mass is 10.1. The van der Waals surface area contributed by atoms with Crippen molar-refractivity contribution in [1.82, 2.24) is 24.8 Å². The maximum Gasteiger partial charge on any atom is 0.274 e. The number of amides is 1. The van der Waals surface area contributed by atoms with E-state index in [1.807, 2.05) is 18.2 Å². The Kier molecular flexibility index (Phi) is 4.07. The molecule has 3 aromatic heterocycles. The van der Waals surface area contributed by atoms with Crippen LogP contribution in [0, 0.1) is 0 Å². The van der Waals surface area contributed by atoms with Gasteiger partial charge in [-0.3, -0.25) is 9.20 Å². The number of hydrogen-bond donors (Lipinski definition) is 2. The third kappa shape index (κ3) is 2.92. The number of imidazole rings is 1. The molecule has 0 spiro atoms. The summed E-state index contributed by atoms with van der Waals surface area (Å²) in [6.07, 6.45) is 4.28. The number of carbonyl (C=O) groups is 1. The molecular weight excluding hydrogens is 380 g/mol. The van der Waals surface area contributed by atoms with Gasteiger partial charge in [0.25, 0.3) is 5.91 Å². The summed E-state index contributed by atoms with van der Waals surface area (Å²) < 4.78 is 7.04. The molecule has 5 rings (SSSR count). The number of fused-ring (bicyclic) bond motifs is 1. The summed E-state index contributed by atoms with van der Waals surface area (Å²) in [5, 5.41) is 10.5. The fourth-order valence-corrected chi connectivity index (χ4v) is 3.21. The molecule has 0 saturated carbocycles. The van der Waals surface area contributed by atoms with Gasteiger partial charge >= 0.3 is 0 Å². The highest BCUT2D eigenvalue weighted by molar-refractivity contribution is 6.34. The molecule has 1 aliphatic rings. The number of hydrogen-bond acceptors (Lipinski definition) is 6. The summed E-state index contributed by atoms with van der Waals surface area (Å²) in [5.41, 5.74) is 2.27. The molecule has 0 bridgehead atoms. The molecule has 140 valence electrons. The monoisotopic (exact) mass is 394 g/mol. The summed E-state index contributed by atoms with van der Waals surface area (Å²) in [7, 11) is 0. The molecule has 1 amide bonds. The molecule has 0 aliphatic carbocycles. The normalized spacial score (nSPS) is 16.1. The van der Waals surface area contributed by atoms with Crippen molar-refractivity contribution in [2.24, 2.45) is 0 Å². The lowest BCUT2D eigenvalue weighted by Gasteiger charge is -2.23. The predicted molar refractivity (Wildman–Crippen MR) is 103 cm³/mol. The molecule has 4 aromatic rings. The summed E-state index contributed by atoms with van der Waals surface area (Å²) in [6.45, 7) is 0.947. The number of benzene rings is 1. The zero-order valence-corrected chi connectivity index (χ0v) is 15.3. The van der Waals surface area contributed by atoms with Crippen LogP contribution in [0.25, 0.3) is 17.0 Å². The lowest BCUT2D eigenvalue weighted by Crippen LogP contribution is -2.35. The Morgan fingerprint density at radius 1 is 1.32 bits per heavy atom. The second kappa shape index (κ2) is 6.74. The Morgan fingerprint density at radius 3 is 3.04 bits per heavy atom.